The summed E-state index contributed by atoms with van der Waals surface area (Å²) in [5.41, 5.74) is 3.73. The van der Waals surface area contributed by atoms with E-state index in [0.29, 0.717) is 13.1 Å². The Morgan fingerprint density at radius 1 is 1.17 bits per heavy atom. The van der Waals surface area contributed by atoms with Crippen molar-refractivity contribution in [3.8, 4) is 5.75 Å². The molecule has 3 nitrogen and oxygen atoms in total. The molecule has 1 atom stereocenters. The summed E-state index contributed by atoms with van der Waals surface area (Å²) in [6.07, 6.45) is 2.90. The van der Waals surface area contributed by atoms with Crippen LogP contribution in [0.15, 0.2) is 60.2 Å². The van der Waals surface area contributed by atoms with Crippen LogP contribution in [0.5, 0.6) is 5.75 Å². The molecule has 0 N–H and O–H groups in total. The van der Waals surface area contributed by atoms with Crippen molar-refractivity contribution in [2.24, 2.45) is 0 Å². The SMILES string of the molecule is CC(C)=CCN1CC2(Cc3ccccc3O2)c2ccccc2C1=O. The molecule has 1 spiro atoms. The third-order valence-corrected chi connectivity index (χ3v) is 4.86. The zero-order valence-electron chi connectivity index (χ0n) is 14.1. The van der Waals surface area contributed by atoms with Crippen LogP contribution in [-0.4, -0.2) is 23.9 Å². The molecule has 1 unspecified atom stereocenters. The summed E-state index contributed by atoms with van der Waals surface area (Å²) in [5.74, 6) is 1.03. The summed E-state index contributed by atoms with van der Waals surface area (Å²) in [7, 11) is 0. The molecule has 0 aromatic heterocycles. The standard InChI is InChI=1S/C21H21NO2/c1-15(2)11-12-22-14-21(13-16-7-3-6-10-19(16)24-21)18-9-5-4-8-17(18)20(22)23/h3-11H,12-14H2,1-2H3. The number of fused-ring (bicyclic) bond motifs is 3. The van der Waals surface area contributed by atoms with Gasteiger partial charge in [0.05, 0.1) is 6.54 Å². The fraction of sp³-hybridized carbons (Fsp3) is 0.286. The van der Waals surface area contributed by atoms with E-state index in [4.69, 9.17) is 4.74 Å². The van der Waals surface area contributed by atoms with E-state index in [1.54, 1.807) is 0 Å². The highest BCUT2D eigenvalue weighted by Crippen LogP contribution is 2.45. The Labute approximate surface area is 142 Å². The van der Waals surface area contributed by atoms with Crippen LogP contribution < -0.4 is 4.74 Å². The highest BCUT2D eigenvalue weighted by atomic mass is 16.5. The smallest absolute Gasteiger partial charge is 0.254 e. The van der Waals surface area contributed by atoms with E-state index in [-0.39, 0.29) is 5.91 Å². The van der Waals surface area contributed by atoms with Crippen LogP contribution in [0, 0.1) is 0 Å². The van der Waals surface area contributed by atoms with Crippen LogP contribution in [-0.2, 0) is 12.0 Å². The van der Waals surface area contributed by atoms with E-state index in [2.05, 4.69) is 26.0 Å². The number of carbonyl (C=O) groups is 1. The average Bonchev–Trinajstić information content (AvgIpc) is 2.96. The fourth-order valence-corrected chi connectivity index (χ4v) is 3.68. The highest BCUT2D eigenvalue weighted by molar-refractivity contribution is 5.97. The fourth-order valence-electron chi connectivity index (χ4n) is 3.68. The maximum Gasteiger partial charge on any atom is 0.254 e. The number of hydrogen-bond donors (Lipinski definition) is 0. The largest absolute Gasteiger partial charge is 0.480 e. The van der Waals surface area contributed by atoms with Crippen LogP contribution in [0.3, 0.4) is 0 Å². The average molecular weight is 319 g/mol. The first-order valence-corrected chi connectivity index (χ1v) is 8.38. The molecular weight excluding hydrogens is 298 g/mol. The van der Waals surface area contributed by atoms with Gasteiger partial charge < -0.3 is 9.64 Å². The summed E-state index contributed by atoms with van der Waals surface area (Å²) in [4.78, 5) is 14.8. The van der Waals surface area contributed by atoms with Crippen molar-refractivity contribution in [3.63, 3.8) is 0 Å². The number of allylic oxidation sites excluding steroid dienone is 1. The van der Waals surface area contributed by atoms with Crippen molar-refractivity contribution in [2.75, 3.05) is 13.1 Å². The quantitative estimate of drug-likeness (QED) is 0.785. The van der Waals surface area contributed by atoms with E-state index < -0.39 is 5.60 Å². The molecule has 2 aliphatic rings. The minimum Gasteiger partial charge on any atom is -0.480 e. The molecule has 0 radical (unpaired) electrons. The Bertz CT molecular complexity index is 808. The molecule has 1 amide bonds. The Morgan fingerprint density at radius 3 is 2.71 bits per heavy atom. The minimum absolute atomic E-state index is 0.0910. The first-order chi connectivity index (χ1) is 11.6. The molecule has 2 aromatic carbocycles. The van der Waals surface area contributed by atoms with E-state index >= 15 is 0 Å². The predicted octanol–water partition coefficient (Wildman–Crippen LogP) is 3.94. The lowest BCUT2D eigenvalue weighted by molar-refractivity contribution is 0.0276. The van der Waals surface area contributed by atoms with Gasteiger partial charge in [0.15, 0.2) is 5.60 Å². The first kappa shape index (κ1) is 15.0. The maximum absolute atomic E-state index is 12.9. The Hall–Kier alpha value is -2.55. The second-order valence-corrected chi connectivity index (χ2v) is 6.89. The molecule has 2 aliphatic heterocycles. The summed E-state index contributed by atoms with van der Waals surface area (Å²) < 4.78 is 6.43. The molecule has 0 bridgehead atoms. The molecule has 2 aromatic rings. The Kier molecular flexibility index (Phi) is 3.45. The van der Waals surface area contributed by atoms with Crippen molar-refractivity contribution < 1.29 is 9.53 Å². The molecule has 0 fully saturated rings. The van der Waals surface area contributed by atoms with Crippen LogP contribution >= 0.6 is 0 Å². The van der Waals surface area contributed by atoms with E-state index in [9.17, 15) is 4.79 Å². The lowest BCUT2D eigenvalue weighted by Gasteiger charge is -2.40. The number of para-hydroxylation sites is 1. The minimum atomic E-state index is -0.469. The van der Waals surface area contributed by atoms with Gasteiger partial charge in [0, 0.05) is 24.1 Å². The van der Waals surface area contributed by atoms with Crippen LogP contribution in [0.2, 0.25) is 0 Å². The summed E-state index contributed by atoms with van der Waals surface area (Å²) in [5, 5.41) is 0. The molecule has 0 saturated carbocycles. The third-order valence-electron chi connectivity index (χ3n) is 4.86. The van der Waals surface area contributed by atoms with E-state index in [1.807, 2.05) is 47.4 Å². The number of nitrogens with zero attached hydrogens (tertiary/aromatic N) is 1. The lowest BCUT2D eigenvalue weighted by Crippen LogP contribution is -2.52. The van der Waals surface area contributed by atoms with Gasteiger partial charge in [-0.2, -0.15) is 0 Å². The lowest BCUT2D eigenvalue weighted by atomic mass is 9.82. The molecular formula is C21H21NO2. The van der Waals surface area contributed by atoms with Gasteiger partial charge >= 0.3 is 0 Å². The summed E-state index contributed by atoms with van der Waals surface area (Å²) in [6.45, 7) is 5.32. The second kappa shape index (κ2) is 5.52. The van der Waals surface area contributed by atoms with Gasteiger partial charge in [0.2, 0.25) is 0 Å². The number of ether oxygens (including phenoxy) is 1. The molecule has 4 rings (SSSR count). The summed E-state index contributed by atoms with van der Waals surface area (Å²) >= 11 is 0. The zero-order valence-corrected chi connectivity index (χ0v) is 14.1. The van der Waals surface area contributed by atoms with Crippen molar-refractivity contribution in [1.82, 2.24) is 4.90 Å². The molecule has 122 valence electrons. The van der Waals surface area contributed by atoms with Gasteiger partial charge in [-0.25, -0.2) is 0 Å². The predicted molar refractivity (Wildman–Crippen MR) is 94.2 cm³/mol. The normalized spacial score (nSPS) is 21.2. The van der Waals surface area contributed by atoms with Crippen molar-refractivity contribution >= 4 is 5.91 Å². The van der Waals surface area contributed by atoms with E-state index in [0.717, 1.165) is 23.3 Å². The van der Waals surface area contributed by atoms with Gasteiger partial charge in [0.25, 0.3) is 5.91 Å². The molecule has 3 heteroatoms. The Morgan fingerprint density at radius 2 is 1.92 bits per heavy atom. The molecule has 0 aliphatic carbocycles. The number of benzene rings is 2. The molecule has 2 heterocycles. The topological polar surface area (TPSA) is 29.5 Å². The number of rotatable bonds is 2. The van der Waals surface area contributed by atoms with Gasteiger partial charge in [-0.15, -0.1) is 0 Å². The third kappa shape index (κ3) is 2.32. The number of amides is 1. The number of hydrogen-bond acceptors (Lipinski definition) is 2. The van der Waals surface area contributed by atoms with Crippen LogP contribution in [0.1, 0.15) is 35.3 Å². The van der Waals surface area contributed by atoms with Gasteiger partial charge in [-0.05, 0) is 31.5 Å². The second-order valence-electron chi connectivity index (χ2n) is 6.89. The number of carbonyl (C=O) groups excluding carboxylic acids is 1. The zero-order chi connectivity index (χ0) is 16.7. The van der Waals surface area contributed by atoms with Crippen LogP contribution in [0.25, 0.3) is 0 Å². The van der Waals surface area contributed by atoms with Gasteiger partial charge in [0.1, 0.15) is 5.75 Å². The van der Waals surface area contributed by atoms with Crippen LogP contribution in [0.4, 0.5) is 0 Å². The van der Waals surface area contributed by atoms with Crippen molar-refractivity contribution in [3.05, 3.63) is 76.9 Å². The Balaban J connectivity index is 1.78. The highest BCUT2D eigenvalue weighted by Gasteiger charge is 2.48. The first-order valence-electron chi connectivity index (χ1n) is 8.38. The monoisotopic (exact) mass is 319 g/mol. The van der Waals surface area contributed by atoms with Gasteiger partial charge in [-0.3, -0.25) is 4.79 Å². The molecule has 24 heavy (non-hydrogen) atoms. The van der Waals surface area contributed by atoms with Crippen molar-refractivity contribution in [1.29, 1.82) is 0 Å². The van der Waals surface area contributed by atoms with E-state index in [1.165, 1.54) is 11.1 Å². The maximum atomic E-state index is 12.9. The van der Waals surface area contributed by atoms with Crippen molar-refractivity contribution in [2.45, 2.75) is 25.9 Å². The van der Waals surface area contributed by atoms with Gasteiger partial charge in [-0.1, -0.05) is 48.0 Å². The summed E-state index contributed by atoms with van der Waals surface area (Å²) in [6, 6.07) is 16.1. The molecule has 0 saturated heterocycles.